The van der Waals surface area contributed by atoms with E-state index in [2.05, 4.69) is 10.3 Å². The summed E-state index contributed by atoms with van der Waals surface area (Å²) in [6.07, 6.45) is -0.126. The van der Waals surface area contributed by atoms with Crippen LogP contribution in [0.15, 0.2) is 30.3 Å². The summed E-state index contributed by atoms with van der Waals surface area (Å²) in [6.45, 7) is 2.55. The van der Waals surface area contributed by atoms with Gasteiger partial charge in [0, 0.05) is 50.6 Å². The van der Waals surface area contributed by atoms with Crippen LogP contribution in [0.25, 0.3) is 10.9 Å². The first-order valence-corrected chi connectivity index (χ1v) is 14.4. The molecule has 2 saturated heterocycles. The van der Waals surface area contributed by atoms with Crippen LogP contribution in [0.2, 0.25) is 0 Å². The summed E-state index contributed by atoms with van der Waals surface area (Å²) < 4.78 is 10.8. The maximum absolute atomic E-state index is 13.4. The molecule has 3 N–H and O–H groups in total. The molecule has 4 rings (SSSR count). The van der Waals surface area contributed by atoms with E-state index in [-0.39, 0.29) is 57.1 Å². The Morgan fingerprint density at radius 2 is 1.73 bits per heavy atom. The molecule has 3 heterocycles. The third kappa shape index (κ3) is 7.71. The Morgan fingerprint density at radius 3 is 2.41 bits per heavy atom. The summed E-state index contributed by atoms with van der Waals surface area (Å²) in [4.78, 5) is 83.0. The Labute approximate surface area is 252 Å². The van der Waals surface area contributed by atoms with Crippen LogP contribution in [0, 0.1) is 0 Å². The number of para-hydroxylation sites is 1. The third-order valence-electron chi connectivity index (χ3n) is 7.49. The van der Waals surface area contributed by atoms with Crippen LogP contribution in [0.1, 0.15) is 43.1 Å². The summed E-state index contributed by atoms with van der Waals surface area (Å²) in [6, 6.07) is 5.96. The molecular formula is C29H35N5O10. The van der Waals surface area contributed by atoms with Crippen LogP contribution in [-0.4, -0.2) is 124 Å². The van der Waals surface area contributed by atoms with Crippen molar-refractivity contribution < 1.29 is 48.5 Å². The molecule has 4 amide bonds. The van der Waals surface area contributed by atoms with Crippen molar-refractivity contribution in [3.8, 4) is 5.75 Å². The maximum atomic E-state index is 13.4. The second-order valence-corrected chi connectivity index (χ2v) is 10.4. The number of rotatable bonds is 11. The van der Waals surface area contributed by atoms with Crippen LogP contribution in [0.3, 0.4) is 0 Å². The molecule has 2 fully saturated rings. The van der Waals surface area contributed by atoms with Gasteiger partial charge in [0.1, 0.15) is 23.5 Å². The van der Waals surface area contributed by atoms with Gasteiger partial charge in [-0.2, -0.15) is 0 Å². The summed E-state index contributed by atoms with van der Waals surface area (Å²) in [7, 11) is 0. The van der Waals surface area contributed by atoms with E-state index in [9.17, 15) is 39.0 Å². The Balaban J connectivity index is 1.49. The molecule has 236 valence electrons. The fraction of sp³-hybridized carbons (Fsp3) is 0.483. The molecule has 0 saturated carbocycles. The third-order valence-corrected chi connectivity index (χ3v) is 7.49. The van der Waals surface area contributed by atoms with Gasteiger partial charge in [0.15, 0.2) is 6.61 Å². The van der Waals surface area contributed by atoms with Crippen molar-refractivity contribution in [2.45, 2.75) is 44.7 Å². The Hall–Kier alpha value is -4.95. The number of fused-ring (bicyclic) bond motifs is 1. The van der Waals surface area contributed by atoms with E-state index in [4.69, 9.17) is 9.47 Å². The van der Waals surface area contributed by atoms with E-state index in [0.717, 1.165) is 0 Å². The van der Waals surface area contributed by atoms with Gasteiger partial charge in [-0.15, -0.1) is 0 Å². The highest BCUT2D eigenvalue weighted by atomic mass is 16.6. The first kappa shape index (κ1) is 32.0. The fourth-order valence-corrected chi connectivity index (χ4v) is 5.23. The molecule has 15 heteroatoms. The lowest BCUT2D eigenvalue weighted by Crippen LogP contribution is -2.56. The summed E-state index contributed by atoms with van der Waals surface area (Å²) in [5.74, 6) is -3.84. The molecule has 2 aromatic rings. The molecule has 0 radical (unpaired) electrons. The lowest BCUT2D eigenvalue weighted by atomic mass is 10.1. The monoisotopic (exact) mass is 613 g/mol. The van der Waals surface area contributed by atoms with Crippen molar-refractivity contribution in [1.29, 1.82) is 0 Å². The van der Waals surface area contributed by atoms with Gasteiger partial charge in [0.05, 0.1) is 12.1 Å². The number of aliphatic carboxylic acids is 2. The van der Waals surface area contributed by atoms with Crippen molar-refractivity contribution in [3.05, 3.63) is 36.0 Å². The first-order valence-electron chi connectivity index (χ1n) is 14.4. The number of piperazine rings is 1. The lowest BCUT2D eigenvalue weighted by Gasteiger charge is -2.35. The zero-order chi connectivity index (χ0) is 31.8. The normalized spacial score (nSPS) is 17.2. The second kappa shape index (κ2) is 14.5. The summed E-state index contributed by atoms with van der Waals surface area (Å²) >= 11 is 0. The Kier molecular flexibility index (Phi) is 10.5. The minimum absolute atomic E-state index is 0.129. The minimum Gasteiger partial charge on any atom is -0.483 e. The molecule has 0 aliphatic carbocycles. The predicted molar refractivity (Wildman–Crippen MR) is 153 cm³/mol. The first-order chi connectivity index (χ1) is 21.1. The largest absolute Gasteiger partial charge is 0.483 e. The van der Waals surface area contributed by atoms with Crippen molar-refractivity contribution in [2.24, 2.45) is 0 Å². The van der Waals surface area contributed by atoms with Gasteiger partial charge in [0.25, 0.3) is 11.8 Å². The van der Waals surface area contributed by atoms with Gasteiger partial charge in [-0.05, 0) is 38.3 Å². The van der Waals surface area contributed by atoms with E-state index in [0.29, 0.717) is 30.3 Å². The van der Waals surface area contributed by atoms with Gasteiger partial charge >= 0.3 is 18.0 Å². The number of nitrogens with one attached hydrogen (secondary N) is 1. The van der Waals surface area contributed by atoms with Crippen LogP contribution >= 0.6 is 0 Å². The highest BCUT2D eigenvalue weighted by Crippen LogP contribution is 2.26. The van der Waals surface area contributed by atoms with E-state index in [1.165, 1.54) is 20.8 Å². The number of hydrogen-bond acceptors (Lipinski definition) is 9. The second-order valence-electron chi connectivity index (χ2n) is 10.4. The number of nitrogens with zero attached hydrogens (tertiary/aromatic N) is 4. The maximum Gasteiger partial charge on any atom is 0.409 e. The van der Waals surface area contributed by atoms with Crippen LogP contribution in [0.4, 0.5) is 4.79 Å². The Morgan fingerprint density at radius 1 is 1.02 bits per heavy atom. The highest BCUT2D eigenvalue weighted by Gasteiger charge is 2.34. The number of carboxylic acid groups (broad SMARTS) is 2. The van der Waals surface area contributed by atoms with E-state index >= 15 is 0 Å². The number of carbonyl (C=O) groups excluding carboxylic acids is 4. The van der Waals surface area contributed by atoms with Gasteiger partial charge < -0.3 is 39.7 Å². The number of aromatic nitrogens is 1. The highest BCUT2D eigenvalue weighted by molar-refractivity contribution is 5.99. The number of amides is 4. The number of hydrogen-bond donors (Lipinski definition) is 3. The molecule has 1 aromatic carbocycles. The Bertz CT molecular complexity index is 1420. The molecule has 2 atom stereocenters. The van der Waals surface area contributed by atoms with Crippen LogP contribution < -0.4 is 10.1 Å². The SMILES string of the molecule is CCOC(=O)N1CCN(C(=O)[C@H](CCC(=O)O)NC(=O)c2cc(OCC(=O)N3CCC[C@H]3C(=O)O)c3ccccc3n2)CC1. The number of carboxylic acids is 2. The molecule has 1 aromatic heterocycles. The molecule has 0 unspecified atom stereocenters. The molecule has 0 spiro atoms. The fourth-order valence-electron chi connectivity index (χ4n) is 5.23. The van der Waals surface area contributed by atoms with E-state index in [1.54, 1.807) is 31.2 Å². The number of benzene rings is 1. The lowest BCUT2D eigenvalue weighted by molar-refractivity contribution is -0.148. The smallest absolute Gasteiger partial charge is 0.409 e. The van der Waals surface area contributed by atoms with Gasteiger partial charge in [-0.1, -0.05) is 12.1 Å². The van der Waals surface area contributed by atoms with Gasteiger partial charge in [-0.3, -0.25) is 19.2 Å². The number of carbonyl (C=O) groups is 6. The quantitative estimate of drug-likeness (QED) is 0.326. The molecule has 44 heavy (non-hydrogen) atoms. The topological polar surface area (TPSA) is 196 Å². The molecule has 15 nitrogen and oxygen atoms in total. The van der Waals surface area contributed by atoms with E-state index < -0.39 is 54.4 Å². The summed E-state index contributed by atoms with van der Waals surface area (Å²) in [5.41, 5.74) is 0.242. The van der Waals surface area contributed by atoms with Gasteiger partial charge in [0.2, 0.25) is 5.91 Å². The van der Waals surface area contributed by atoms with Crippen molar-refractivity contribution >= 4 is 46.7 Å². The number of likely N-dealkylation sites (tertiary alicyclic amines) is 1. The van der Waals surface area contributed by atoms with Crippen molar-refractivity contribution in [2.75, 3.05) is 45.9 Å². The zero-order valence-corrected chi connectivity index (χ0v) is 24.3. The zero-order valence-electron chi connectivity index (χ0n) is 24.3. The van der Waals surface area contributed by atoms with Crippen LogP contribution in [-0.2, 0) is 23.9 Å². The van der Waals surface area contributed by atoms with E-state index in [1.807, 2.05) is 0 Å². The van der Waals surface area contributed by atoms with Gasteiger partial charge in [-0.25, -0.2) is 14.6 Å². The standard InChI is InChI=1S/C29H35N5O10/c1-2-43-29(42)33-14-12-32(13-15-33)27(39)20(9-10-25(36)37)31-26(38)21-16-23(18-6-3-4-7-19(18)30-21)44-17-24(35)34-11-5-8-22(34)28(40)41/h3-4,6-7,16,20,22H,2,5,8-15,17H2,1H3,(H,31,38)(H,36,37)(H,40,41)/t20-,22-/m0/s1. The molecular weight excluding hydrogens is 578 g/mol. The van der Waals surface area contributed by atoms with Crippen molar-refractivity contribution in [3.63, 3.8) is 0 Å². The summed E-state index contributed by atoms with van der Waals surface area (Å²) in [5, 5.41) is 21.8. The molecule has 2 aliphatic heterocycles. The molecule has 2 aliphatic rings. The van der Waals surface area contributed by atoms with Crippen molar-refractivity contribution in [1.82, 2.24) is 25.0 Å². The predicted octanol–water partition coefficient (Wildman–Crippen LogP) is 0.953. The molecule has 0 bridgehead atoms. The number of ether oxygens (including phenoxy) is 2. The minimum atomic E-state index is -1.19. The number of pyridine rings is 1. The average molecular weight is 614 g/mol. The van der Waals surface area contributed by atoms with Crippen LogP contribution in [0.5, 0.6) is 5.75 Å². The average Bonchev–Trinajstić information content (AvgIpc) is 3.52.